The van der Waals surface area contributed by atoms with Crippen LogP contribution in [0, 0.1) is 17.8 Å². The van der Waals surface area contributed by atoms with Crippen molar-refractivity contribution in [2.45, 2.75) is 53.1 Å². The van der Waals surface area contributed by atoms with Crippen LogP contribution in [0.25, 0.3) is 0 Å². The van der Waals surface area contributed by atoms with Crippen LogP contribution in [-0.2, 0) is 4.74 Å². The van der Waals surface area contributed by atoms with Gasteiger partial charge in [0.2, 0.25) is 0 Å². The third kappa shape index (κ3) is 6.22. The van der Waals surface area contributed by atoms with Gasteiger partial charge in [-0.1, -0.05) is 39.3 Å². The van der Waals surface area contributed by atoms with E-state index in [1.807, 2.05) is 0 Å². The average Bonchev–Trinajstić information content (AvgIpc) is 2.48. The molecule has 0 amide bonds. The van der Waals surface area contributed by atoms with Crippen LogP contribution in [0.4, 0.5) is 0 Å². The van der Waals surface area contributed by atoms with Crippen LogP contribution in [0.5, 0.6) is 5.75 Å². The summed E-state index contributed by atoms with van der Waals surface area (Å²) in [6, 6.07) is 6.30. The van der Waals surface area contributed by atoms with E-state index < -0.39 is 5.97 Å². The van der Waals surface area contributed by atoms with Crippen LogP contribution in [0.3, 0.4) is 0 Å². The molecule has 0 saturated heterocycles. The van der Waals surface area contributed by atoms with Crippen LogP contribution < -0.4 is 0 Å². The molecule has 4 nitrogen and oxygen atoms in total. The van der Waals surface area contributed by atoms with E-state index in [0.29, 0.717) is 18.4 Å². The molecule has 1 aliphatic rings. The van der Waals surface area contributed by atoms with E-state index in [4.69, 9.17) is 4.74 Å². The van der Waals surface area contributed by atoms with E-state index in [1.54, 1.807) is 19.1 Å². The van der Waals surface area contributed by atoms with Crippen LogP contribution in [0.2, 0.25) is 0 Å². The van der Waals surface area contributed by atoms with Gasteiger partial charge in [-0.15, -0.1) is 0 Å². The Labute approximate surface area is 139 Å². The lowest BCUT2D eigenvalue weighted by Gasteiger charge is -2.33. The summed E-state index contributed by atoms with van der Waals surface area (Å²) in [6.45, 7) is 8.69. The van der Waals surface area contributed by atoms with Crippen LogP contribution in [-0.4, -0.2) is 28.9 Å². The third-order valence-electron chi connectivity index (χ3n) is 4.39. The highest BCUT2D eigenvalue weighted by Gasteiger charge is 2.28. The highest BCUT2D eigenvalue weighted by atomic mass is 16.5. The van der Waals surface area contributed by atoms with Crippen molar-refractivity contribution in [1.29, 1.82) is 0 Å². The fourth-order valence-electron chi connectivity index (χ4n) is 3.01. The van der Waals surface area contributed by atoms with Gasteiger partial charge in [-0.3, -0.25) is 0 Å². The van der Waals surface area contributed by atoms with Crippen molar-refractivity contribution in [3.63, 3.8) is 0 Å². The largest absolute Gasteiger partial charge is 0.507 e. The lowest BCUT2D eigenvalue weighted by Crippen LogP contribution is -2.31. The summed E-state index contributed by atoms with van der Waals surface area (Å²) >= 11 is 0. The molecule has 2 rings (SSSR count). The minimum absolute atomic E-state index is 0.0289. The van der Waals surface area contributed by atoms with Crippen molar-refractivity contribution < 1.29 is 19.7 Å². The molecule has 130 valence electrons. The van der Waals surface area contributed by atoms with Crippen molar-refractivity contribution in [3.8, 4) is 5.75 Å². The summed E-state index contributed by atoms with van der Waals surface area (Å²) in [4.78, 5) is 11.1. The molecule has 0 aliphatic heterocycles. The van der Waals surface area contributed by atoms with E-state index in [9.17, 15) is 15.0 Å². The minimum Gasteiger partial charge on any atom is -0.507 e. The van der Waals surface area contributed by atoms with Gasteiger partial charge in [0.1, 0.15) is 11.3 Å². The van der Waals surface area contributed by atoms with Crippen molar-refractivity contribution >= 4 is 5.97 Å². The summed E-state index contributed by atoms with van der Waals surface area (Å²) in [6.07, 6.45) is 3.52. The highest BCUT2D eigenvalue weighted by molar-refractivity contribution is 5.92. The van der Waals surface area contributed by atoms with Gasteiger partial charge < -0.3 is 14.9 Å². The van der Waals surface area contributed by atoms with Gasteiger partial charge in [0.15, 0.2) is 0 Å². The van der Waals surface area contributed by atoms with Crippen LogP contribution in [0.15, 0.2) is 24.3 Å². The predicted octanol–water partition coefficient (Wildman–Crippen LogP) is 4.01. The molecule has 1 aliphatic carbocycles. The SMILES string of the molecule is CC1CCC(C(C)C)C(O)C1.CCOC(=O)c1ccccc1O. The van der Waals surface area contributed by atoms with Crippen molar-refractivity contribution in [3.05, 3.63) is 29.8 Å². The number of hydrogen-bond acceptors (Lipinski definition) is 4. The van der Waals surface area contributed by atoms with Gasteiger partial charge in [0.25, 0.3) is 0 Å². The molecular formula is C19H30O4. The van der Waals surface area contributed by atoms with Gasteiger partial charge in [-0.2, -0.15) is 0 Å². The van der Waals surface area contributed by atoms with Gasteiger partial charge >= 0.3 is 5.97 Å². The van der Waals surface area contributed by atoms with Crippen molar-refractivity contribution in [2.24, 2.45) is 17.8 Å². The number of benzene rings is 1. The number of esters is 1. The standard InChI is InChI=1S/C10H20O.C9H10O3/c1-7(2)9-5-4-8(3)6-10(9)11;1-2-12-9(11)7-5-3-4-6-8(7)10/h7-11H,4-6H2,1-3H3;3-6,10H,2H2,1H3. The smallest absolute Gasteiger partial charge is 0.341 e. The van der Waals surface area contributed by atoms with Gasteiger partial charge in [-0.05, 0) is 49.7 Å². The maximum atomic E-state index is 11.1. The van der Waals surface area contributed by atoms with E-state index in [2.05, 4.69) is 20.8 Å². The maximum Gasteiger partial charge on any atom is 0.341 e. The van der Waals surface area contributed by atoms with E-state index in [1.165, 1.54) is 25.0 Å². The monoisotopic (exact) mass is 322 g/mol. The topological polar surface area (TPSA) is 66.8 Å². The molecule has 0 spiro atoms. The third-order valence-corrected chi connectivity index (χ3v) is 4.39. The molecule has 0 bridgehead atoms. The Morgan fingerprint density at radius 1 is 1.30 bits per heavy atom. The Kier molecular flexibility index (Phi) is 8.10. The Bertz CT molecular complexity index is 484. The number of hydrogen-bond donors (Lipinski definition) is 2. The molecule has 0 aromatic heterocycles. The van der Waals surface area contributed by atoms with E-state index >= 15 is 0 Å². The number of carbonyl (C=O) groups excluding carboxylic acids is 1. The van der Waals surface area contributed by atoms with Gasteiger partial charge in [-0.25, -0.2) is 4.79 Å². The molecule has 0 heterocycles. The molecule has 23 heavy (non-hydrogen) atoms. The first-order valence-corrected chi connectivity index (χ1v) is 8.49. The van der Waals surface area contributed by atoms with Crippen LogP contribution >= 0.6 is 0 Å². The van der Waals surface area contributed by atoms with Crippen LogP contribution in [0.1, 0.15) is 57.3 Å². The number of para-hydroxylation sites is 1. The number of aromatic hydroxyl groups is 1. The van der Waals surface area contributed by atoms with Gasteiger partial charge in [0.05, 0.1) is 12.7 Å². The number of aliphatic hydroxyl groups excluding tert-OH is 1. The van der Waals surface area contributed by atoms with Gasteiger partial charge in [0, 0.05) is 0 Å². The number of aliphatic hydroxyl groups is 1. The Morgan fingerprint density at radius 3 is 2.48 bits per heavy atom. The minimum atomic E-state index is -0.490. The first-order chi connectivity index (χ1) is 10.9. The molecule has 2 N–H and O–H groups in total. The second kappa shape index (κ2) is 9.56. The molecule has 3 atom stereocenters. The molecule has 1 fully saturated rings. The number of carbonyl (C=O) groups is 1. The lowest BCUT2D eigenvalue weighted by atomic mass is 9.75. The summed E-state index contributed by atoms with van der Waals surface area (Å²) in [5, 5.41) is 18.9. The summed E-state index contributed by atoms with van der Waals surface area (Å²) in [5.41, 5.74) is 0.208. The quantitative estimate of drug-likeness (QED) is 0.825. The first kappa shape index (κ1) is 19.5. The summed E-state index contributed by atoms with van der Waals surface area (Å²) in [5.74, 6) is 1.41. The number of ether oxygens (including phenoxy) is 1. The maximum absolute atomic E-state index is 11.1. The molecule has 1 aromatic carbocycles. The zero-order chi connectivity index (χ0) is 17.4. The van der Waals surface area contributed by atoms with Crippen molar-refractivity contribution in [2.75, 3.05) is 6.61 Å². The Balaban J connectivity index is 0.000000231. The fourth-order valence-corrected chi connectivity index (χ4v) is 3.01. The number of phenolic OH excluding ortho intramolecular Hbond substituents is 1. The van der Waals surface area contributed by atoms with E-state index in [0.717, 1.165) is 12.3 Å². The lowest BCUT2D eigenvalue weighted by molar-refractivity contribution is 0.0265. The molecule has 0 radical (unpaired) electrons. The number of phenols is 1. The Morgan fingerprint density at radius 2 is 1.96 bits per heavy atom. The van der Waals surface area contributed by atoms with E-state index in [-0.39, 0.29) is 17.4 Å². The predicted molar refractivity (Wildman–Crippen MR) is 91.4 cm³/mol. The molecule has 1 saturated carbocycles. The second-order valence-corrected chi connectivity index (χ2v) is 6.63. The molecular weight excluding hydrogens is 292 g/mol. The molecule has 4 heteroatoms. The second-order valence-electron chi connectivity index (χ2n) is 6.63. The first-order valence-electron chi connectivity index (χ1n) is 8.49. The summed E-state index contributed by atoms with van der Waals surface area (Å²) < 4.78 is 4.71. The molecule has 3 unspecified atom stereocenters. The normalized spacial score (nSPS) is 23.8. The highest BCUT2D eigenvalue weighted by Crippen LogP contribution is 2.33. The summed E-state index contributed by atoms with van der Waals surface area (Å²) in [7, 11) is 0. The zero-order valence-corrected chi connectivity index (χ0v) is 14.7. The molecule has 1 aromatic rings. The Hall–Kier alpha value is -1.55. The number of rotatable bonds is 3. The zero-order valence-electron chi connectivity index (χ0n) is 14.7. The average molecular weight is 322 g/mol. The fraction of sp³-hybridized carbons (Fsp3) is 0.632. The van der Waals surface area contributed by atoms with Crippen molar-refractivity contribution in [1.82, 2.24) is 0 Å².